The SMILES string of the molecule is CCCN(CCC)c1nc(C)cc(C(=O)NCc2ccc(Cl)cc2)n1. The largest absolute Gasteiger partial charge is 0.347 e. The lowest BCUT2D eigenvalue weighted by Crippen LogP contribution is -2.29. The molecule has 1 aromatic heterocycles. The van der Waals surface area contributed by atoms with Crippen molar-refractivity contribution in [3.05, 3.63) is 52.3 Å². The summed E-state index contributed by atoms with van der Waals surface area (Å²) >= 11 is 5.88. The molecule has 2 aromatic rings. The van der Waals surface area contributed by atoms with Crippen LogP contribution in [0.15, 0.2) is 30.3 Å². The van der Waals surface area contributed by atoms with Gasteiger partial charge in [0.25, 0.3) is 5.91 Å². The molecule has 1 aromatic carbocycles. The van der Waals surface area contributed by atoms with E-state index >= 15 is 0 Å². The second-order valence-corrected chi connectivity index (χ2v) is 6.43. The van der Waals surface area contributed by atoms with Crippen LogP contribution in [-0.4, -0.2) is 29.0 Å². The molecule has 0 spiro atoms. The van der Waals surface area contributed by atoms with E-state index in [2.05, 4.69) is 34.0 Å². The maximum atomic E-state index is 12.5. The monoisotopic (exact) mass is 360 g/mol. The molecule has 6 heteroatoms. The second kappa shape index (κ2) is 9.37. The van der Waals surface area contributed by atoms with E-state index in [-0.39, 0.29) is 5.91 Å². The first kappa shape index (κ1) is 19.2. The number of carbonyl (C=O) groups is 1. The number of benzene rings is 1. The van der Waals surface area contributed by atoms with Crippen molar-refractivity contribution in [3.63, 3.8) is 0 Å². The predicted molar refractivity (Wildman–Crippen MR) is 102 cm³/mol. The van der Waals surface area contributed by atoms with Gasteiger partial charge in [-0.05, 0) is 43.5 Å². The third-order valence-corrected chi connectivity index (χ3v) is 3.96. The summed E-state index contributed by atoms with van der Waals surface area (Å²) in [6, 6.07) is 9.12. The van der Waals surface area contributed by atoms with Gasteiger partial charge in [-0.2, -0.15) is 0 Å². The Bertz CT molecular complexity index is 697. The van der Waals surface area contributed by atoms with Gasteiger partial charge >= 0.3 is 0 Å². The van der Waals surface area contributed by atoms with E-state index in [1.807, 2.05) is 31.2 Å². The Kier molecular flexibility index (Phi) is 7.19. The van der Waals surface area contributed by atoms with Gasteiger partial charge in [0.2, 0.25) is 5.95 Å². The predicted octanol–water partition coefficient (Wildman–Crippen LogP) is 3.99. The third kappa shape index (κ3) is 5.71. The fourth-order valence-electron chi connectivity index (χ4n) is 2.54. The van der Waals surface area contributed by atoms with Gasteiger partial charge in [0.1, 0.15) is 5.69 Å². The summed E-state index contributed by atoms with van der Waals surface area (Å²) in [5.74, 6) is 0.426. The van der Waals surface area contributed by atoms with E-state index in [1.165, 1.54) is 0 Å². The van der Waals surface area contributed by atoms with Crippen molar-refractivity contribution in [1.82, 2.24) is 15.3 Å². The van der Waals surface area contributed by atoms with E-state index in [0.29, 0.717) is 23.2 Å². The van der Waals surface area contributed by atoms with Gasteiger partial charge in [-0.3, -0.25) is 4.79 Å². The summed E-state index contributed by atoms with van der Waals surface area (Å²) in [6.45, 7) is 8.32. The summed E-state index contributed by atoms with van der Waals surface area (Å²) in [6.07, 6.45) is 2.02. The smallest absolute Gasteiger partial charge is 0.270 e. The molecule has 0 fully saturated rings. The first-order valence-corrected chi connectivity index (χ1v) is 9.04. The number of halogens is 1. The van der Waals surface area contributed by atoms with E-state index in [4.69, 9.17) is 11.6 Å². The van der Waals surface area contributed by atoms with Crippen LogP contribution in [0.1, 0.15) is 48.4 Å². The highest BCUT2D eigenvalue weighted by Gasteiger charge is 2.14. The molecule has 1 heterocycles. The van der Waals surface area contributed by atoms with E-state index in [0.717, 1.165) is 37.2 Å². The van der Waals surface area contributed by atoms with Crippen LogP contribution in [0.5, 0.6) is 0 Å². The Labute approximate surface area is 154 Å². The highest BCUT2D eigenvalue weighted by molar-refractivity contribution is 6.30. The molecule has 1 amide bonds. The highest BCUT2D eigenvalue weighted by atomic mass is 35.5. The van der Waals surface area contributed by atoms with Crippen molar-refractivity contribution >= 4 is 23.5 Å². The molecule has 134 valence electrons. The van der Waals surface area contributed by atoms with Crippen LogP contribution in [0.4, 0.5) is 5.95 Å². The van der Waals surface area contributed by atoms with Crippen molar-refractivity contribution in [1.29, 1.82) is 0 Å². The lowest BCUT2D eigenvalue weighted by Gasteiger charge is -2.22. The Morgan fingerprint density at radius 3 is 2.36 bits per heavy atom. The van der Waals surface area contributed by atoms with E-state index in [9.17, 15) is 4.79 Å². The Morgan fingerprint density at radius 1 is 1.12 bits per heavy atom. The quantitative estimate of drug-likeness (QED) is 0.773. The maximum absolute atomic E-state index is 12.5. The molecule has 25 heavy (non-hydrogen) atoms. The Morgan fingerprint density at radius 2 is 1.76 bits per heavy atom. The summed E-state index contributed by atoms with van der Waals surface area (Å²) in [5.41, 5.74) is 2.18. The number of nitrogens with one attached hydrogen (secondary N) is 1. The van der Waals surface area contributed by atoms with Crippen LogP contribution in [0.25, 0.3) is 0 Å². The van der Waals surface area contributed by atoms with E-state index < -0.39 is 0 Å². The van der Waals surface area contributed by atoms with Crippen molar-refractivity contribution < 1.29 is 4.79 Å². The number of hydrogen-bond donors (Lipinski definition) is 1. The fourth-order valence-corrected chi connectivity index (χ4v) is 2.66. The number of nitrogens with zero attached hydrogens (tertiary/aromatic N) is 3. The molecule has 1 N–H and O–H groups in total. The molecule has 0 saturated carbocycles. The number of carbonyl (C=O) groups excluding carboxylic acids is 1. The maximum Gasteiger partial charge on any atom is 0.270 e. The van der Waals surface area contributed by atoms with Gasteiger partial charge in [-0.1, -0.05) is 37.6 Å². The van der Waals surface area contributed by atoms with Crippen molar-refractivity contribution in [3.8, 4) is 0 Å². The van der Waals surface area contributed by atoms with E-state index in [1.54, 1.807) is 6.07 Å². The summed E-state index contributed by atoms with van der Waals surface area (Å²) in [4.78, 5) is 23.6. The van der Waals surface area contributed by atoms with Gasteiger partial charge < -0.3 is 10.2 Å². The number of rotatable bonds is 8. The topological polar surface area (TPSA) is 58.1 Å². The minimum Gasteiger partial charge on any atom is -0.347 e. The normalized spacial score (nSPS) is 10.6. The summed E-state index contributed by atoms with van der Waals surface area (Å²) in [7, 11) is 0. The van der Waals surface area contributed by atoms with Gasteiger partial charge in [-0.25, -0.2) is 9.97 Å². The minimum atomic E-state index is -0.199. The number of hydrogen-bond acceptors (Lipinski definition) is 4. The molecule has 0 aliphatic heterocycles. The minimum absolute atomic E-state index is 0.199. The molecule has 0 aliphatic rings. The molecule has 0 unspecified atom stereocenters. The first-order chi connectivity index (χ1) is 12.0. The molecule has 0 bridgehead atoms. The molecule has 0 saturated heterocycles. The molecular formula is C19H25ClN4O. The van der Waals surface area contributed by atoms with Crippen LogP contribution in [0.2, 0.25) is 5.02 Å². The zero-order chi connectivity index (χ0) is 18.2. The van der Waals surface area contributed by atoms with Gasteiger partial charge in [-0.15, -0.1) is 0 Å². The molecule has 0 radical (unpaired) electrons. The highest BCUT2D eigenvalue weighted by Crippen LogP contribution is 2.13. The van der Waals surface area contributed by atoms with Crippen molar-refractivity contribution in [2.24, 2.45) is 0 Å². The van der Waals surface area contributed by atoms with Crippen LogP contribution in [-0.2, 0) is 6.54 Å². The lowest BCUT2D eigenvalue weighted by molar-refractivity contribution is 0.0945. The standard InChI is InChI=1S/C19H25ClN4O/c1-4-10-24(11-5-2)19-22-14(3)12-17(23-19)18(25)21-13-15-6-8-16(20)9-7-15/h6-9,12H,4-5,10-11,13H2,1-3H3,(H,21,25). The average Bonchev–Trinajstić information content (AvgIpc) is 2.60. The zero-order valence-electron chi connectivity index (χ0n) is 15.1. The number of amides is 1. The Balaban J connectivity index is 2.11. The van der Waals surface area contributed by atoms with Crippen LogP contribution in [0.3, 0.4) is 0 Å². The number of aromatic nitrogens is 2. The molecular weight excluding hydrogens is 336 g/mol. The fraction of sp³-hybridized carbons (Fsp3) is 0.421. The molecule has 0 atom stereocenters. The van der Waals surface area contributed by atoms with Crippen molar-refractivity contribution in [2.75, 3.05) is 18.0 Å². The Hall–Kier alpha value is -2.14. The molecule has 2 rings (SSSR count). The van der Waals surface area contributed by atoms with Gasteiger partial charge in [0.15, 0.2) is 0 Å². The third-order valence-electron chi connectivity index (χ3n) is 3.71. The summed E-state index contributed by atoms with van der Waals surface area (Å²) in [5, 5.41) is 3.58. The average molecular weight is 361 g/mol. The summed E-state index contributed by atoms with van der Waals surface area (Å²) < 4.78 is 0. The van der Waals surface area contributed by atoms with Crippen molar-refractivity contribution in [2.45, 2.75) is 40.2 Å². The van der Waals surface area contributed by atoms with Gasteiger partial charge in [0, 0.05) is 30.4 Å². The zero-order valence-corrected chi connectivity index (χ0v) is 15.8. The van der Waals surface area contributed by atoms with Crippen LogP contribution < -0.4 is 10.2 Å². The van der Waals surface area contributed by atoms with Crippen LogP contribution >= 0.6 is 11.6 Å². The van der Waals surface area contributed by atoms with Crippen LogP contribution in [0, 0.1) is 6.92 Å². The molecule has 5 nitrogen and oxygen atoms in total. The van der Waals surface area contributed by atoms with Gasteiger partial charge in [0.05, 0.1) is 0 Å². The number of aryl methyl sites for hydroxylation is 1. The second-order valence-electron chi connectivity index (χ2n) is 5.99. The first-order valence-electron chi connectivity index (χ1n) is 8.66. The lowest BCUT2D eigenvalue weighted by atomic mass is 10.2. The molecule has 0 aliphatic carbocycles. The number of anilines is 1.